The van der Waals surface area contributed by atoms with Crippen LogP contribution in [0, 0.1) is 10.1 Å². The molecule has 0 spiro atoms. The van der Waals surface area contributed by atoms with Crippen LogP contribution in [0.3, 0.4) is 0 Å². The number of nitro groups is 1. The van der Waals surface area contributed by atoms with Crippen LogP contribution in [-0.4, -0.2) is 37.3 Å². The molecule has 0 fully saturated rings. The predicted molar refractivity (Wildman–Crippen MR) is 98.8 cm³/mol. The van der Waals surface area contributed by atoms with Gasteiger partial charge in [-0.1, -0.05) is 44.2 Å². The first-order chi connectivity index (χ1) is 12.4. The van der Waals surface area contributed by atoms with Gasteiger partial charge in [0.05, 0.1) is 16.4 Å². The first-order valence-electron chi connectivity index (χ1n) is 8.35. The van der Waals surface area contributed by atoms with Crippen LogP contribution >= 0.6 is 0 Å². The number of hydrogen-bond acceptors (Lipinski definition) is 5. The molecule has 26 heavy (non-hydrogen) atoms. The molecule has 0 unspecified atom stereocenters. The number of benzene rings is 2. The quantitative estimate of drug-likeness (QED) is 0.493. The molecule has 0 aromatic heterocycles. The molecule has 2 aromatic rings. The van der Waals surface area contributed by atoms with Crippen molar-refractivity contribution in [2.75, 3.05) is 19.7 Å². The molecule has 0 atom stereocenters. The van der Waals surface area contributed by atoms with Crippen molar-refractivity contribution in [1.82, 2.24) is 4.31 Å². The third-order valence-electron chi connectivity index (χ3n) is 3.96. The highest BCUT2D eigenvalue weighted by Gasteiger charge is 2.26. The van der Waals surface area contributed by atoms with E-state index in [1.165, 1.54) is 16.4 Å². The summed E-state index contributed by atoms with van der Waals surface area (Å²) >= 11 is 0. The first-order valence-corrected chi connectivity index (χ1v) is 9.79. The van der Waals surface area contributed by atoms with E-state index >= 15 is 0 Å². The third-order valence-corrected chi connectivity index (χ3v) is 6.01. The molecular weight excluding hydrogens is 356 g/mol. The van der Waals surface area contributed by atoms with Crippen LogP contribution in [0.2, 0.25) is 0 Å². The molecule has 2 rings (SSSR count). The van der Waals surface area contributed by atoms with E-state index in [0.717, 1.165) is 11.6 Å². The van der Waals surface area contributed by atoms with Crippen molar-refractivity contribution in [3.63, 3.8) is 0 Å². The summed E-state index contributed by atoms with van der Waals surface area (Å²) < 4.78 is 31.9. The molecule has 0 N–H and O–H groups in total. The Kier molecular flexibility index (Phi) is 6.70. The zero-order valence-electron chi connectivity index (χ0n) is 14.8. The maximum absolute atomic E-state index is 12.5. The number of sulfonamides is 1. The lowest BCUT2D eigenvalue weighted by molar-refractivity contribution is -0.386. The molecule has 0 saturated heterocycles. The Morgan fingerprint density at radius 3 is 2.31 bits per heavy atom. The largest absolute Gasteiger partial charge is 0.486 e. The summed E-state index contributed by atoms with van der Waals surface area (Å²) in [6, 6.07) is 13.4. The SMILES string of the molecule is CCN(CC)S(=O)(=O)c1ccc(OCCc2ccccc2)c([N+](=O)[O-])c1. The number of rotatable bonds is 9. The minimum absolute atomic E-state index is 0.0597. The van der Waals surface area contributed by atoms with Gasteiger partial charge in [0.25, 0.3) is 0 Å². The zero-order chi connectivity index (χ0) is 19.2. The van der Waals surface area contributed by atoms with Gasteiger partial charge in [-0.3, -0.25) is 10.1 Å². The monoisotopic (exact) mass is 378 g/mol. The van der Waals surface area contributed by atoms with Crippen molar-refractivity contribution in [3.05, 3.63) is 64.2 Å². The molecule has 0 bridgehead atoms. The van der Waals surface area contributed by atoms with Gasteiger partial charge >= 0.3 is 5.69 Å². The number of nitrogens with zero attached hydrogens (tertiary/aromatic N) is 2. The van der Waals surface area contributed by atoms with E-state index in [2.05, 4.69) is 0 Å². The molecule has 0 heterocycles. The van der Waals surface area contributed by atoms with Crippen molar-refractivity contribution >= 4 is 15.7 Å². The number of hydrogen-bond donors (Lipinski definition) is 0. The van der Waals surface area contributed by atoms with Gasteiger partial charge in [-0.05, 0) is 17.7 Å². The fourth-order valence-corrected chi connectivity index (χ4v) is 4.04. The normalized spacial score (nSPS) is 11.5. The van der Waals surface area contributed by atoms with E-state index in [1.807, 2.05) is 30.3 Å². The Hall–Kier alpha value is -2.45. The van der Waals surface area contributed by atoms with Crippen LogP contribution in [0.25, 0.3) is 0 Å². The lowest BCUT2D eigenvalue weighted by Gasteiger charge is -2.18. The second kappa shape index (κ2) is 8.77. The molecule has 140 valence electrons. The summed E-state index contributed by atoms with van der Waals surface area (Å²) in [7, 11) is -3.76. The zero-order valence-corrected chi connectivity index (χ0v) is 15.6. The molecule has 0 radical (unpaired) electrons. The maximum Gasteiger partial charge on any atom is 0.312 e. The molecule has 0 amide bonds. The summed E-state index contributed by atoms with van der Waals surface area (Å²) in [5.74, 6) is 0.0597. The fraction of sp³-hybridized carbons (Fsp3) is 0.333. The minimum Gasteiger partial charge on any atom is -0.486 e. The highest BCUT2D eigenvalue weighted by Crippen LogP contribution is 2.31. The molecule has 0 aliphatic carbocycles. The van der Waals surface area contributed by atoms with E-state index in [0.29, 0.717) is 19.5 Å². The molecule has 0 saturated carbocycles. The van der Waals surface area contributed by atoms with E-state index in [1.54, 1.807) is 13.8 Å². The maximum atomic E-state index is 12.5. The average Bonchev–Trinajstić information content (AvgIpc) is 2.63. The van der Waals surface area contributed by atoms with Crippen LogP contribution in [0.15, 0.2) is 53.4 Å². The summed E-state index contributed by atoms with van der Waals surface area (Å²) in [6.45, 7) is 4.28. The molecule has 8 heteroatoms. The van der Waals surface area contributed by atoms with Crippen molar-refractivity contribution in [1.29, 1.82) is 0 Å². The molecule has 7 nitrogen and oxygen atoms in total. The smallest absolute Gasteiger partial charge is 0.312 e. The average molecular weight is 378 g/mol. The van der Waals surface area contributed by atoms with E-state index in [9.17, 15) is 18.5 Å². The highest BCUT2D eigenvalue weighted by atomic mass is 32.2. The Labute approximate surface area is 153 Å². The summed E-state index contributed by atoms with van der Waals surface area (Å²) in [5.41, 5.74) is 0.696. The van der Waals surface area contributed by atoms with Crippen molar-refractivity contribution in [3.8, 4) is 5.75 Å². The van der Waals surface area contributed by atoms with Gasteiger partial charge in [-0.15, -0.1) is 0 Å². The summed E-state index contributed by atoms with van der Waals surface area (Å²) in [5, 5.41) is 11.4. The Morgan fingerprint density at radius 1 is 1.08 bits per heavy atom. The highest BCUT2D eigenvalue weighted by molar-refractivity contribution is 7.89. The first kappa shape index (κ1) is 19.9. The number of ether oxygens (including phenoxy) is 1. The van der Waals surface area contributed by atoms with Crippen LogP contribution in [0.4, 0.5) is 5.69 Å². The van der Waals surface area contributed by atoms with Gasteiger partial charge in [0, 0.05) is 25.6 Å². The van der Waals surface area contributed by atoms with Gasteiger partial charge in [0.15, 0.2) is 5.75 Å². The van der Waals surface area contributed by atoms with Gasteiger partial charge < -0.3 is 4.74 Å². The van der Waals surface area contributed by atoms with Gasteiger partial charge in [-0.2, -0.15) is 4.31 Å². The van der Waals surface area contributed by atoms with Crippen molar-refractivity contribution in [2.24, 2.45) is 0 Å². The Balaban J connectivity index is 2.22. The van der Waals surface area contributed by atoms with Gasteiger partial charge in [-0.25, -0.2) is 8.42 Å². The lowest BCUT2D eigenvalue weighted by atomic mass is 10.2. The minimum atomic E-state index is -3.76. The number of nitro benzene ring substituents is 1. The second-order valence-corrected chi connectivity index (χ2v) is 7.50. The summed E-state index contributed by atoms with van der Waals surface area (Å²) in [4.78, 5) is 10.6. The van der Waals surface area contributed by atoms with Crippen LogP contribution in [0.5, 0.6) is 5.75 Å². The predicted octanol–water partition coefficient (Wildman–Crippen LogP) is 3.25. The third kappa shape index (κ3) is 4.59. The van der Waals surface area contributed by atoms with Crippen LogP contribution in [-0.2, 0) is 16.4 Å². The van der Waals surface area contributed by atoms with Gasteiger partial charge in [0.2, 0.25) is 10.0 Å². The second-order valence-electron chi connectivity index (χ2n) is 5.56. The molecular formula is C18H22N2O5S. The van der Waals surface area contributed by atoms with Crippen molar-refractivity contribution < 1.29 is 18.1 Å². The molecule has 0 aliphatic heterocycles. The van der Waals surface area contributed by atoms with Gasteiger partial charge in [0.1, 0.15) is 0 Å². The van der Waals surface area contributed by atoms with Crippen molar-refractivity contribution in [2.45, 2.75) is 25.2 Å². The standard InChI is InChI=1S/C18H22N2O5S/c1-3-19(4-2)26(23,24)16-10-11-18(17(14-16)20(21)22)25-13-12-15-8-6-5-7-9-15/h5-11,14H,3-4,12-13H2,1-2H3. The Morgan fingerprint density at radius 2 is 1.73 bits per heavy atom. The Bertz CT molecular complexity index is 849. The van der Waals surface area contributed by atoms with Crippen LogP contribution < -0.4 is 4.74 Å². The summed E-state index contributed by atoms with van der Waals surface area (Å²) in [6.07, 6.45) is 0.595. The fourth-order valence-electron chi connectivity index (χ4n) is 2.56. The molecule has 2 aromatic carbocycles. The molecule has 0 aliphatic rings. The lowest BCUT2D eigenvalue weighted by Crippen LogP contribution is -2.30. The van der Waals surface area contributed by atoms with Crippen LogP contribution in [0.1, 0.15) is 19.4 Å². The van der Waals surface area contributed by atoms with E-state index in [4.69, 9.17) is 4.74 Å². The van der Waals surface area contributed by atoms with E-state index in [-0.39, 0.29) is 22.9 Å². The topological polar surface area (TPSA) is 89.8 Å². The van der Waals surface area contributed by atoms with E-state index < -0.39 is 14.9 Å².